The fourth-order valence-electron chi connectivity index (χ4n) is 1.67. The molecule has 1 aliphatic carbocycles. The van der Waals surface area contributed by atoms with Gasteiger partial charge in [0.1, 0.15) is 0 Å². The summed E-state index contributed by atoms with van der Waals surface area (Å²) in [6.07, 6.45) is 4.64. The van der Waals surface area contributed by atoms with Crippen LogP contribution >= 0.6 is 0 Å². The second kappa shape index (κ2) is 5.48. The number of hydrogen-bond acceptors (Lipinski definition) is 3. The van der Waals surface area contributed by atoms with E-state index in [-0.39, 0.29) is 24.2 Å². The highest BCUT2D eigenvalue weighted by molar-refractivity contribution is 5.87. The van der Waals surface area contributed by atoms with Crippen molar-refractivity contribution in [2.75, 3.05) is 0 Å². The Bertz CT molecular complexity index is 458. The molecule has 3 N–H and O–H groups in total. The smallest absolute Gasteiger partial charge is 0.335 e. The lowest BCUT2D eigenvalue weighted by atomic mass is 9.93. The van der Waals surface area contributed by atoms with Gasteiger partial charge >= 0.3 is 12.0 Å². The molecule has 1 aromatic heterocycles. The maximum Gasteiger partial charge on any atom is 0.335 e. The first kappa shape index (κ1) is 12.3. The molecule has 18 heavy (non-hydrogen) atoms. The van der Waals surface area contributed by atoms with E-state index in [2.05, 4.69) is 15.6 Å². The van der Waals surface area contributed by atoms with Crippen LogP contribution in [-0.2, 0) is 6.54 Å². The molecule has 0 unspecified atom stereocenters. The molecule has 1 saturated carbocycles. The highest BCUT2D eigenvalue weighted by Crippen LogP contribution is 2.17. The van der Waals surface area contributed by atoms with Gasteiger partial charge in [-0.1, -0.05) is 0 Å². The van der Waals surface area contributed by atoms with Crippen LogP contribution in [0.5, 0.6) is 0 Å². The van der Waals surface area contributed by atoms with Crippen molar-refractivity contribution < 1.29 is 14.7 Å². The zero-order chi connectivity index (χ0) is 13.0. The van der Waals surface area contributed by atoms with Gasteiger partial charge in [0.25, 0.3) is 0 Å². The van der Waals surface area contributed by atoms with E-state index >= 15 is 0 Å². The van der Waals surface area contributed by atoms with Crippen LogP contribution < -0.4 is 10.6 Å². The Labute approximate surface area is 104 Å². The monoisotopic (exact) mass is 249 g/mol. The quantitative estimate of drug-likeness (QED) is 0.746. The molecule has 0 aliphatic heterocycles. The van der Waals surface area contributed by atoms with E-state index < -0.39 is 5.97 Å². The van der Waals surface area contributed by atoms with Crippen LogP contribution in [0, 0.1) is 0 Å². The number of pyridine rings is 1. The van der Waals surface area contributed by atoms with Gasteiger partial charge in [0.05, 0.1) is 17.8 Å². The molecule has 0 radical (unpaired) electrons. The van der Waals surface area contributed by atoms with Crippen molar-refractivity contribution in [1.29, 1.82) is 0 Å². The first-order chi connectivity index (χ1) is 8.65. The summed E-state index contributed by atoms with van der Waals surface area (Å²) in [4.78, 5) is 26.2. The van der Waals surface area contributed by atoms with Crippen LogP contribution in [0.2, 0.25) is 0 Å². The summed E-state index contributed by atoms with van der Waals surface area (Å²) in [6, 6.07) is 2.91. The van der Waals surface area contributed by atoms with Crippen molar-refractivity contribution in [3.63, 3.8) is 0 Å². The molecule has 1 heterocycles. The lowest BCUT2D eigenvalue weighted by molar-refractivity contribution is 0.0696. The van der Waals surface area contributed by atoms with Gasteiger partial charge in [-0.2, -0.15) is 0 Å². The Morgan fingerprint density at radius 2 is 2.22 bits per heavy atom. The van der Waals surface area contributed by atoms with Gasteiger partial charge in [0, 0.05) is 12.2 Å². The average molecular weight is 249 g/mol. The van der Waals surface area contributed by atoms with E-state index in [0.29, 0.717) is 5.69 Å². The topological polar surface area (TPSA) is 91.3 Å². The first-order valence-electron chi connectivity index (χ1n) is 5.88. The number of amides is 2. The number of hydrogen-bond donors (Lipinski definition) is 3. The van der Waals surface area contributed by atoms with Gasteiger partial charge < -0.3 is 15.7 Å². The minimum absolute atomic E-state index is 0.168. The standard InChI is InChI=1S/C12H15N3O3/c16-11(17)8-4-5-13-10(6-8)7-14-12(18)15-9-2-1-3-9/h4-6,9H,1-3,7H2,(H,16,17)(H2,14,15,18). The number of rotatable bonds is 4. The molecule has 0 spiro atoms. The third-order valence-electron chi connectivity index (χ3n) is 2.93. The molecule has 96 valence electrons. The Morgan fingerprint density at radius 3 is 2.83 bits per heavy atom. The van der Waals surface area contributed by atoms with Crippen LogP contribution in [-0.4, -0.2) is 28.1 Å². The molecule has 1 aliphatic rings. The molecular formula is C12H15N3O3. The number of aromatic carboxylic acids is 1. The highest BCUT2D eigenvalue weighted by Gasteiger charge is 2.19. The lowest BCUT2D eigenvalue weighted by Gasteiger charge is -2.26. The molecular weight excluding hydrogens is 234 g/mol. The molecule has 2 amide bonds. The molecule has 6 heteroatoms. The van der Waals surface area contributed by atoms with E-state index in [1.807, 2.05) is 0 Å². The highest BCUT2D eigenvalue weighted by atomic mass is 16.4. The predicted octanol–water partition coefficient (Wildman–Crippen LogP) is 1.13. The molecule has 0 aromatic carbocycles. The Hall–Kier alpha value is -2.11. The van der Waals surface area contributed by atoms with Crippen LogP contribution in [0.3, 0.4) is 0 Å². The summed E-state index contributed by atoms with van der Waals surface area (Å²) in [5.74, 6) is -1.00. The zero-order valence-electron chi connectivity index (χ0n) is 9.85. The van der Waals surface area contributed by atoms with Gasteiger partial charge in [-0.3, -0.25) is 4.98 Å². The van der Waals surface area contributed by atoms with Gasteiger partial charge in [-0.25, -0.2) is 9.59 Å². The summed E-state index contributed by atoms with van der Waals surface area (Å²) < 4.78 is 0. The SMILES string of the molecule is O=C(NCc1cc(C(=O)O)ccn1)NC1CCC1. The fraction of sp³-hybridized carbons (Fsp3) is 0.417. The van der Waals surface area contributed by atoms with Crippen LogP contribution in [0.15, 0.2) is 18.3 Å². The minimum atomic E-state index is -1.00. The van der Waals surface area contributed by atoms with Crippen LogP contribution in [0.25, 0.3) is 0 Å². The Balaban J connectivity index is 1.83. The maximum absolute atomic E-state index is 11.5. The number of urea groups is 1. The van der Waals surface area contributed by atoms with E-state index in [1.165, 1.54) is 18.3 Å². The van der Waals surface area contributed by atoms with Crippen molar-refractivity contribution >= 4 is 12.0 Å². The van der Waals surface area contributed by atoms with Crippen LogP contribution in [0.4, 0.5) is 4.79 Å². The van der Waals surface area contributed by atoms with E-state index in [9.17, 15) is 9.59 Å². The zero-order valence-corrected chi connectivity index (χ0v) is 9.85. The molecule has 6 nitrogen and oxygen atoms in total. The normalized spacial score (nSPS) is 14.7. The molecule has 1 fully saturated rings. The van der Waals surface area contributed by atoms with Gasteiger partial charge in [-0.15, -0.1) is 0 Å². The number of nitrogens with zero attached hydrogens (tertiary/aromatic N) is 1. The minimum Gasteiger partial charge on any atom is -0.478 e. The van der Waals surface area contributed by atoms with Gasteiger partial charge in [0.15, 0.2) is 0 Å². The molecule has 0 atom stereocenters. The van der Waals surface area contributed by atoms with E-state index in [4.69, 9.17) is 5.11 Å². The second-order valence-electron chi connectivity index (χ2n) is 4.30. The maximum atomic E-state index is 11.5. The van der Waals surface area contributed by atoms with Crippen molar-refractivity contribution in [1.82, 2.24) is 15.6 Å². The Morgan fingerprint density at radius 1 is 1.44 bits per heavy atom. The van der Waals surface area contributed by atoms with Gasteiger partial charge in [-0.05, 0) is 31.4 Å². The summed E-state index contributed by atoms with van der Waals surface area (Å²) in [5.41, 5.74) is 0.694. The number of carboxylic acids is 1. The fourth-order valence-corrected chi connectivity index (χ4v) is 1.67. The van der Waals surface area contributed by atoms with E-state index in [1.54, 1.807) is 0 Å². The summed E-state index contributed by atoms with van der Waals surface area (Å²) in [7, 11) is 0. The molecule has 1 aromatic rings. The number of carbonyl (C=O) groups is 2. The number of aromatic nitrogens is 1. The number of carboxylic acid groups (broad SMARTS) is 1. The van der Waals surface area contributed by atoms with Gasteiger partial charge in [0.2, 0.25) is 0 Å². The van der Waals surface area contributed by atoms with E-state index in [0.717, 1.165) is 19.3 Å². The van der Waals surface area contributed by atoms with Crippen molar-refractivity contribution in [3.05, 3.63) is 29.6 Å². The molecule has 0 bridgehead atoms. The van der Waals surface area contributed by atoms with Crippen molar-refractivity contribution in [2.24, 2.45) is 0 Å². The third kappa shape index (κ3) is 3.19. The van der Waals surface area contributed by atoms with Crippen LogP contribution in [0.1, 0.15) is 35.3 Å². The molecule has 0 saturated heterocycles. The Kier molecular flexibility index (Phi) is 3.76. The summed E-state index contributed by atoms with van der Waals surface area (Å²) in [5, 5.41) is 14.3. The van der Waals surface area contributed by atoms with Crippen molar-refractivity contribution in [3.8, 4) is 0 Å². The molecule has 2 rings (SSSR count). The third-order valence-corrected chi connectivity index (χ3v) is 2.93. The summed E-state index contributed by atoms with van der Waals surface area (Å²) >= 11 is 0. The number of carbonyl (C=O) groups excluding carboxylic acids is 1. The average Bonchev–Trinajstić information content (AvgIpc) is 2.31. The van der Waals surface area contributed by atoms with Crippen molar-refractivity contribution in [2.45, 2.75) is 31.8 Å². The summed E-state index contributed by atoms with van der Waals surface area (Å²) in [6.45, 7) is 0.222. The first-order valence-corrected chi connectivity index (χ1v) is 5.88. The number of nitrogens with one attached hydrogen (secondary N) is 2. The second-order valence-corrected chi connectivity index (χ2v) is 4.30. The lowest BCUT2D eigenvalue weighted by Crippen LogP contribution is -2.44. The largest absolute Gasteiger partial charge is 0.478 e. The predicted molar refractivity (Wildman–Crippen MR) is 64.2 cm³/mol.